The van der Waals surface area contributed by atoms with Crippen LogP contribution in [-0.2, 0) is 0 Å². The van der Waals surface area contributed by atoms with Crippen LogP contribution in [0, 0.1) is 11.6 Å². The van der Waals surface area contributed by atoms with Crippen molar-refractivity contribution in [2.45, 2.75) is 5.37 Å². The first-order valence-electron chi connectivity index (χ1n) is 4.08. The molecule has 1 aromatic rings. The average molecular weight is 201 g/mol. The normalized spacial score (nSPS) is 22.2. The fraction of sp³-hybridized carbons (Fsp3) is 0.333. The largest absolute Gasteiger partial charge is 0.301 e. The topological polar surface area (TPSA) is 12.0 Å². The first-order valence-corrected chi connectivity index (χ1v) is 5.13. The third-order valence-electron chi connectivity index (χ3n) is 1.98. The Morgan fingerprint density at radius 1 is 1.31 bits per heavy atom. The van der Waals surface area contributed by atoms with Crippen LogP contribution in [0.5, 0.6) is 0 Å². The van der Waals surface area contributed by atoms with Crippen molar-refractivity contribution in [3.8, 4) is 0 Å². The molecule has 2 rings (SSSR count). The van der Waals surface area contributed by atoms with Gasteiger partial charge in [-0.15, -0.1) is 11.8 Å². The van der Waals surface area contributed by atoms with Gasteiger partial charge in [0.2, 0.25) is 0 Å². The molecule has 1 N–H and O–H groups in total. The van der Waals surface area contributed by atoms with E-state index >= 15 is 0 Å². The molecule has 0 aromatic heterocycles. The first-order chi connectivity index (χ1) is 6.29. The van der Waals surface area contributed by atoms with E-state index in [2.05, 4.69) is 5.32 Å². The van der Waals surface area contributed by atoms with Gasteiger partial charge in [0, 0.05) is 12.3 Å². The molecule has 13 heavy (non-hydrogen) atoms. The van der Waals surface area contributed by atoms with Gasteiger partial charge in [-0.05, 0) is 12.1 Å². The molecule has 0 unspecified atom stereocenters. The number of rotatable bonds is 1. The maximum Gasteiger partial charge on any atom is 0.131 e. The molecule has 0 saturated carbocycles. The number of hydrogen-bond acceptors (Lipinski definition) is 2. The molecule has 0 aliphatic carbocycles. The summed E-state index contributed by atoms with van der Waals surface area (Å²) in [5, 5.41) is 2.82. The van der Waals surface area contributed by atoms with Crippen molar-refractivity contribution < 1.29 is 8.78 Å². The van der Waals surface area contributed by atoms with E-state index in [1.54, 1.807) is 0 Å². The zero-order valence-electron chi connectivity index (χ0n) is 6.89. The van der Waals surface area contributed by atoms with Gasteiger partial charge >= 0.3 is 0 Å². The summed E-state index contributed by atoms with van der Waals surface area (Å²) >= 11 is 1.53. The lowest BCUT2D eigenvalue weighted by Crippen LogP contribution is -2.14. The lowest BCUT2D eigenvalue weighted by molar-refractivity contribution is 0.541. The quantitative estimate of drug-likeness (QED) is 0.748. The molecule has 0 radical (unpaired) electrons. The molecule has 1 aliphatic rings. The van der Waals surface area contributed by atoms with Gasteiger partial charge in [-0.2, -0.15) is 0 Å². The van der Waals surface area contributed by atoms with E-state index in [1.807, 2.05) is 0 Å². The molecule has 1 saturated heterocycles. The van der Waals surface area contributed by atoms with Crippen LogP contribution < -0.4 is 5.32 Å². The van der Waals surface area contributed by atoms with Crippen LogP contribution in [0.4, 0.5) is 8.78 Å². The molecule has 0 bridgehead atoms. The van der Waals surface area contributed by atoms with E-state index in [-0.39, 0.29) is 10.9 Å². The third kappa shape index (κ3) is 1.69. The molecule has 1 fully saturated rings. The summed E-state index contributed by atoms with van der Waals surface area (Å²) in [6.07, 6.45) is 0. The molecule has 1 heterocycles. The molecular weight excluding hydrogens is 192 g/mol. The maximum atomic E-state index is 13.2. The smallest absolute Gasteiger partial charge is 0.131 e. The minimum absolute atomic E-state index is 0.157. The van der Waals surface area contributed by atoms with Gasteiger partial charge in [-0.1, -0.05) is 6.07 Å². The Kier molecular flexibility index (Phi) is 2.51. The summed E-state index contributed by atoms with van der Waals surface area (Å²) in [5.74, 6) is -0.0304. The lowest BCUT2D eigenvalue weighted by Gasteiger charge is -2.11. The summed E-state index contributed by atoms with van der Waals surface area (Å²) in [5.41, 5.74) is 0.157. The molecule has 0 spiro atoms. The number of thioether (sulfide) groups is 1. The van der Waals surface area contributed by atoms with Crippen LogP contribution in [0.3, 0.4) is 0 Å². The number of hydrogen-bond donors (Lipinski definition) is 1. The van der Waals surface area contributed by atoms with Gasteiger partial charge in [0.05, 0.1) is 10.9 Å². The summed E-state index contributed by atoms with van der Waals surface area (Å²) in [6, 6.07) is 3.96. The Bertz CT molecular complexity index is 290. The second-order valence-corrected chi connectivity index (χ2v) is 4.05. The van der Waals surface area contributed by atoms with E-state index in [0.717, 1.165) is 12.3 Å². The van der Waals surface area contributed by atoms with Crippen molar-refractivity contribution in [3.63, 3.8) is 0 Å². The first kappa shape index (κ1) is 8.97. The Balaban J connectivity index is 2.37. The van der Waals surface area contributed by atoms with Crippen molar-refractivity contribution in [2.75, 3.05) is 12.3 Å². The molecule has 1 atom stereocenters. The van der Waals surface area contributed by atoms with Gasteiger partial charge < -0.3 is 5.32 Å². The summed E-state index contributed by atoms with van der Waals surface area (Å²) in [4.78, 5) is 0. The van der Waals surface area contributed by atoms with Crippen LogP contribution in [0.2, 0.25) is 0 Å². The molecule has 4 heteroatoms. The Labute approximate surface area is 79.5 Å². The highest BCUT2D eigenvalue weighted by Gasteiger charge is 2.23. The molecule has 0 amide bonds. The Hall–Kier alpha value is -0.610. The van der Waals surface area contributed by atoms with Crippen LogP contribution in [0.1, 0.15) is 10.9 Å². The van der Waals surface area contributed by atoms with Gasteiger partial charge in [-0.3, -0.25) is 0 Å². The molecule has 1 aliphatic heterocycles. The number of benzene rings is 1. The fourth-order valence-corrected chi connectivity index (χ4v) is 2.47. The van der Waals surface area contributed by atoms with Gasteiger partial charge in [0.25, 0.3) is 0 Å². The predicted molar refractivity (Wildman–Crippen MR) is 49.6 cm³/mol. The zero-order chi connectivity index (χ0) is 9.26. The van der Waals surface area contributed by atoms with Crippen molar-refractivity contribution >= 4 is 11.8 Å². The molecule has 1 nitrogen and oxygen atoms in total. The lowest BCUT2D eigenvalue weighted by atomic mass is 10.2. The predicted octanol–water partition coefficient (Wildman–Crippen LogP) is 2.30. The number of nitrogens with one attached hydrogen (secondary N) is 1. The van der Waals surface area contributed by atoms with Gasteiger partial charge in [-0.25, -0.2) is 8.78 Å². The van der Waals surface area contributed by atoms with E-state index < -0.39 is 11.6 Å². The third-order valence-corrected chi connectivity index (χ3v) is 3.15. The van der Waals surface area contributed by atoms with E-state index in [9.17, 15) is 8.78 Å². The number of halogens is 2. The minimum atomic E-state index is -0.466. The Morgan fingerprint density at radius 3 is 2.54 bits per heavy atom. The highest BCUT2D eigenvalue weighted by molar-refractivity contribution is 7.99. The SMILES string of the molecule is Fc1cccc(F)c1[C@H]1NCCS1. The Morgan fingerprint density at radius 2 is 2.00 bits per heavy atom. The van der Waals surface area contributed by atoms with Crippen LogP contribution in [-0.4, -0.2) is 12.3 Å². The monoisotopic (exact) mass is 201 g/mol. The standard InChI is InChI=1S/C9H9F2NS/c10-6-2-1-3-7(11)8(6)9-12-4-5-13-9/h1-3,9,12H,4-5H2/t9-/m0/s1. The van der Waals surface area contributed by atoms with Crippen molar-refractivity contribution in [2.24, 2.45) is 0 Å². The molecule has 70 valence electrons. The average Bonchev–Trinajstić information content (AvgIpc) is 2.57. The highest BCUT2D eigenvalue weighted by Crippen LogP contribution is 2.32. The van der Waals surface area contributed by atoms with Crippen LogP contribution in [0.25, 0.3) is 0 Å². The zero-order valence-corrected chi connectivity index (χ0v) is 7.70. The molecular formula is C9H9F2NS. The van der Waals surface area contributed by atoms with Crippen LogP contribution in [0.15, 0.2) is 18.2 Å². The summed E-state index contributed by atoms with van der Waals surface area (Å²) in [7, 11) is 0. The summed E-state index contributed by atoms with van der Waals surface area (Å²) in [6.45, 7) is 0.809. The molecule has 1 aromatic carbocycles. The van der Waals surface area contributed by atoms with E-state index in [1.165, 1.54) is 30.0 Å². The highest BCUT2D eigenvalue weighted by atomic mass is 32.2. The van der Waals surface area contributed by atoms with Gasteiger partial charge in [0.1, 0.15) is 11.6 Å². The van der Waals surface area contributed by atoms with Crippen molar-refractivity contribution in [1.82, 2.24) is 5.32 Å². The summed E-state index contributed by atoms with van der Waals surface area (Å²) < 4.78 is 26.4. The van der Waals surface area contributed by atoms with Crippen molar-refractivity contribution in [1.29, 1.82) is 0 Å². The second kappa shape index (κ2) is 3.64. The second-order valence-electron chi connectivity index (χ2n) is 2.84. The van der Waals surface area contributed by atoms with E-state index in [0.29, 0.717) is 0 Å². The minimum Gasteiger partial charge on any atom is -0.301 e. The van der Waals surface area contributed by atoms with Gasteiger partial charge in [0.15, 0.2) is 0 Å². The van der Waals surface area contributed by atoms with Crippen molar-refractivity contribution in [3.05, 3.63) is 35.4 Å². The maximum absolute atomic E-state index is 13.2. The fourth-order valence-electron chi connectivity index (χ4n) is 1.37. The van der Waals surface area contributed by atoms with E-state index in [4.69, 9.17) is 0 Å². The van der Waals surface area contributed by atoms with Crippen LogP contribution >= 0.6 is 11.8 Å².